The Morgan fingerprint density at radius 1 is 0.885 bits per heavy atom. The van der Waals surface area contributed by atoms with Crippen LogP contribution in [0.3, 0.4) is 0 Å². The third-order valence-corrected chi connectivity index (χ3v) is 7.26. The molecule has 0 fully saturated rings. The van der Waals surface area contributed by atoms with Crippen LogP contribution in [0.1, 0.15) is 11.1 Å². The van der Waals surface area contributed by atoms with Crippen molar-refractivity contribution in [1.82, 2.24) is 9.97 Å². The number of rotatable bonds is 0. The maximum atomic E-state index is 8.70. The Morgan fingerprint density at radius 2 is 1.50 bits per heavy atom. The summed E-state index contributed by atoms with van der Waals surface area (Å²) in [7, 11) is 0. The van der Waals surface area contributed by atoms with Gasteiger partial charge in [-0.05, 0) is 44.0 Å². The number of nitrogens with zero attached hydrogens (tertiary/aromatic N) is 4. The van der Waals surface area contributed by atoms with E-state index in [9.17, 15) is 0 Å². The maximum Gasteiger partial charge on any atom is 0.125 e. The highest BCUT2D eigenvalue weighted by molar-refractivity contribution is 9.11. The molecule has 0 saturated carbocycles. The number of nitriles is 2. The first kappa shape index (κ1) is 19.5. The second-order valence-electron chi connectivity index (χ2n) is 4.73. The molecule has 4 nitrogen and oxygen atoms in total. The van der Waals surface area contributed by atoms with Crippen molar-refractivity contribution in [2.75, 3.05) is 0 Å². The minimum absolute atomic E-state index is 0.416. The summed E-state index contributed by atoms with van der Waals surface area (Å²) in [5.74, 6) is 0. The first-order chi connectivity index (χ1) is 12.4. The molecule has 4 rings (SSSR count). The number of pyridine rings is 2. The summed E-state index contributed by atoms with van der Waals surface area (Å²) in [6, 6.07) is 7.74. The molecular formula is C16H4Br2Cl2N4S2. The number of hydrogen-bond donors (Lipinski definition) is 0. The van der Waals surface area contributed by atoms with Gasteiger partial charge in [-0.3, -0.25) is 4.98 Å². The highest BCUT2D eigenvalue weighted by Gasteiger charge is 2.09. The number of fused-ring (bicyclic) bond motifs is 2. The lowest BCUT2D eigenvalue weighted by Crippen LogP contribution is -1.79. The van der Waals surface area contributed by atoms with Gasteiger partial charge in [-0.1, -0.05) is 23.2 Å². The summed E-state index contributed by atoms with van der Waals surface area (Å²) in [5, 5.41) is 19.2. The van der Waals surface area contributed by atoms with Gasteiger partial charge in [0.2, 0.25) is 0 Å². The van der Waals surface area contributed by atoms with Crippen molar-refractivity contribution in [3.63, 3.8) is 0 Å². The Hall–Kier alpha value is -1.26. The first-order valence-electron chi connectivity index (χ1n) is 6.72. The van der Waals surface area contributed by atoms with E-state index in [4.69, 9.17) is 33.7 Å². The molecule has 0 spiro atoms. The Kier molecular flexibility index (Phi) is 6.13. The average molecular weight is 547 g/mol. The van der Waals surface area contributed by atoms with Crippen molar-refractivity contribution >= 4 is 98.2 Å². The molecule has 0 radical (unpaired) electrons. The van der Waals surface area contributed by atoms with Crippen LogP contribution in [0.25, 0.3) is 20.4 Å². The zero-order valence-corrected chi connectivity index (χ0v) is 18.7. The monoisotopic (exact) mass is 544 g/mol. The van der Waals surface area contributed by atoms with E-state index in [1.165, 1.54) is 35.1 Å². The van der Waals surface area contributed by atoms with E-state index in [-0.39, 0.29) is 0 Å². The van der Waals surface area contributed by atoms with Crippen molar-refractivity contribution in [1.29, 1.82) is 10.5 Å². The third kappa shape index (κ3) is 3.86. The second kappa shape index (κ2) is 8.18. The van der Waals surface area contributed by atoms with E-state index in [0.717, 1.165) is 28.0 Å². The van der Waals surface area contributed by atoms with Gasteiger partial charge in [0.25, 0.3) is 0 Å². The molecule has 26 heavy (non-hydrogen) atoms. The van der Waals surface area contributed by atoms with Gasteiger partial charge in [-0.15, -0.1) is 22.7 Å². The van der Waals surface area contributed by atoms with Crippen LogP contribution < -0.4 is 0 Å². The summed E-state index contributed by atoms with van der Waals surface area (Å²) in [6.07, 6.45) is 2.98. The second-order valence-corrected chi connectivity index (χ2v) is 10.3. The van der Waals surface area contributed by atoms with Gasteiger partial charge >= 0.3 is 0 Å². The summed E-state index contributed by atoms with van der Waals surface area (Å²) in [5.41, 5.74) is 1.66. The van der Waals surface area contributed by atoms with Gasteiger partial charge < -0.3 is 0 Å². The maximum absolute atomic E-state index is 8.70. The van der Waals surface area contributed by atoms with E-state index in [1.54, 1.807) is 0 Å². The quantitative estimate of drug-likeness (QED) is 0.234. The van der Waals surface area contributed by atoms with E-state index in [1.807, 2.05) is 24.3 Å². The molecular weight excluding hydrogens is 543 g/mol. The van der Waals surface area contributed by atoms with Crippen LogP contribution in [0, 0.1) is 22.7 Å². The molecule has 4 aromatic heterocycles. The fourth-order valence-electron chi connectivity index (χ4n) is 2.00. The SMILES string of the molecule is N#Cc1cnc2cc(Br)sc2c1Cl.N#Cc1cnc2sc(Br)cc2c1Cl. The molecule has 0 bridgehead atoms. The normalized spacial score (nSPS) is 10.2. The van der Waals surface area contributed by atoms with Gasteiger partial charge in [0.1, 0.15) is 17.0 Å². The Bertz CT molecular complexity index is 1130. The van der Waals surface area contributed by atoms with Crippen molar-refractivity contribution in [3.8, 4) is 12.1 Å². The first-order valence-corrected chi connectivity index (χ1v) is 10.7. The van der Waals surface area contributed by atoms with Crippen LogP contribution in [0.4, 0.5) is 0 Å². The minimum Gasteiger partial charge on any atom is -0.254 e. The van der Waals surface area contributed by atoms with Crippen molar-refractivity contribution in [2.24, 2.45) is 0 Å². The lowest BCUT2D eigenvalue weighted by molar-refractivity contribution is 1.38. The Labute approximate surface area is 182 Å². The van der Waals surface area contributed by atoms with Gasteiger partial charge in [0, 0.05) is 17.8 Å². The molecule has 0 atom stereocenters. The van der Waals surface area contributed by atoms with Crippen molar-refractivity contribution in [3.05, 3.63) is 53.3 Å². The Morgan fingerprint density at radius 3 is 2.19 bits per heavy atom. The highest BCUT2D eigenvalue weighted by atomic mass is 79.9. The summed E-state index contributed by atoms with van der Waals surface area (Å²) >= 11 is 21.6. The van der Waals surface area contributed by atoms with Gasteiger partial charge in [0.05, 0.1) is 39.0 Å². The lowest BCUT2D eigenvalue weighted by Gasteiger charge is -1.93. The van der Waals surface area contributed by atoms with Crippen LogP contribution in [0.2, 0.25) is 10.0 Å². The fraction of sp³-hybridized carbons (Fsp3) is 0. The smallest absolute Gasteiger partial charge is 0.125 e. The third-order valence-electron chi connectivity index (χ3n) is 3.16. The van der Waals surface area contributed by atoms with Crippen LogP contribution in [0.5, 0.6) is 0 Å². The van der Waals surface area contributed by atoms with Gasteiger partial charge in [0.15, 0.2) is 0 Å². The van der Waals surface area contributed by atoms with Crippen molar-refractivity contribution < 1.29 is 0 Å². The van der Waals surface area contributed by atoms with E-state index < -0.39 is 0 Å². The molecule has 0 aliphatic heterocycles. The standard InChI is InChI=1S/2C8H2BrClN2S/c9-6-1-5-8(13-6)7(10)4(2-11)3-12-5;9-6-1-5-7(10)4(2-11)3-12-8(5)13-6/h2*1,3H. The van der Waals surface area contributed by atoms with Gasteiger partial charge in [-0.25, -0.2) is 4.98 Å². The molecule has 128 valence electrons. The molecule has 10 heteroatoms. The molecule has 4 aromatic rings. The number of halogens is 4. The molecule has 0 unspecified atom stereocenters. The average Bonchev–Trinajstić information content (AvgIpc) is 3.19. The summed E-state index contributed by atoms with van der Waals surface area (Å²) < 4.78 is 2.78. The number of aromatic nitrogens is 2. The van der Waals surface area contributed by atoms with Crippen LogP contribution in [-0.4, -0.2) is 9.97 Å². The predicted molar refractivity (Wildman–Crippen MR) is 114 cm³/mol. The molecule has 0 amide bonds. The number of thiophene rings is 2. The lowest BCUT2D eigenvalue weighted by atomic mass is 10.2. The van der Waals surface area contributed by atoms with E-state index in [2.05, 4.69) is 41.8 Å². The van der Waals surface area contributed by atoms with E-state index in [0.29, 0.717) is 21.2 Å². The molecule has 0 aromatic carbocycles. The molecule has 0 aliphatic carbocycles. The zero-order chi connectivity index (χ0) is 18.8. The minimum atomic E-state index is 0.416. The van der Waals surface area contributed by atoms with Crippen molar-refractivity contribution in [2.45, 2.75) is 0 Å². The number of hydrogen-bond acceptors (Lipinski definition) is 6. The Balaban J connectivity index is 0.000000151. The molecule has 0 N–H and O–H groups in total. The molecule has 0 aliphatic rings. The van der Waals surface area contributed by atoms with Crippen LogP contribution in [-0.2, 0) is 0 Å². The fourth-order valence-corrected chi connectivity index (χ4v) is 5.51. The van der Waals surface area contributed by atoms with Crippen LogP contribution in [0.15, 0.2) is 32.1 Å². The summed E-state index contributed by atoms with van der Waals surface area (Å²) in [4.78, 5) is 9.07. The van der Waals surface area contributed by atoms with E-state index >= 15 is 0 Å². The largest absolute Gasteiger partial charge is 0.254 e. The van der Waals surface area contributed by atoms with Crippen LogP contribution >= 0.6 is 77.7 Å². The topological polar surface area (TPSA) is 73.4 Å². The molecule has 0 saturated heterocycles. The highest BCUT2D eigenvalue weighted by Crippen LogP contribution is 2.35. The predicted octanol–water partition coefficient (Wildman–Crippen LogP) is 7.17. The van der Waals surface area contributed by atoms with Gasteiger partial charge in [-0.2, -0.15) is 10.5 Å². The molecule has 4 heterocycles. The summed E-state index contributed by atoms with van der Waals surface area (Å²) in [6.45, 7) is 0. The zero-order valence-electron chi connectivity index (χ0n) is 12.4.